The van der Waals surface area contributed by atoms with Crippen molar-refractivity contribution in [3.05, 3.63) is 44.8 Å². The zero-order chi connectivity index (χ0) is 14.8. The minimum atomic E-state index is 0.500. The maximum Gasteiger partial charge on any atom is 0.149 e. The monoisotopic (exact) mass is 359 g/mol. The van der Waals surface area contributed by atoms with Crippen molar-refractivity contribution in [2.75, 3.05) is 7.11 Å². The highest BCUT2D eigenvalue weighted by molar-refractivity contribution is 9.10. The molecule has 0 bridgehead atoms. The Morgan fingerprint density at radius 2 is 2.33 bits per heavy atom. The standard InChI is InChI=1S/C15H10BrN3OS/c1-20-11-2-3-13-14(6-11)19-15(18-13)9(7-17)4-12-5-10(16)8-21-12/h2-6,8H,1H3,(H,18,19)/b9-4+. The van der Waals surface area contributed by atoms with Crippen molar-refractivity contribution in [1.29, 1.82) is 5.26 Å². The number of rotatable bonds is 3. The molecule has 6 heteroatoms. The van der Waals surface area contributed by atoms with Crippen LogP contribution in [0, 0.1) is 11.3 Å². The molecule has 0 unspecified atom stereocenters. The van der Waals surface area contributed by atoms with Crippen LogP contribution in [0.4, 0.5) is 0 Å². The number of fused-ring (bicyclic) bond motifs is 1. The number of nitriles is 1. The second kappa shape index (κ2) is 5.72. The molecule has 104 valence electrons. The number of halogens is 1. The first-order chi connectivity index (χ1) is 10.2. The highest BCUT2D eigenvalue weighted by atomic mass is 79.9. The Morgan fingerprint density at radius 3 is 3.00 bits per heavy atom. The van der Waals surface area contributed by atoms with E-state index in [4.69, 9.17) is 4.74 Å². The molecule has 0 fully saturated rings. The van der Waals surface area contributed by atoms with Crippen molar-refractivity contribution in [2.45, 2.75) is 0 Å². The van der Waals surface area contributed by atoms with Crippen LogP contribution in [-0.2, 0) is 0 Å². The maximum absolute atomic E-state index is 9.36. The molecule has 0 aliphatic carbocycles. The Bertz CT molecular complexity index is 873. The summed E-state index contributed by atoms with van der Waals surface area (Å²) in [5, 5.41) is 11.3. The highest BCUT2D eigenvalue weighted by Crippen LogP contribution is 2.26. The fourth-order valence-electron chi connectivity index (χ4n) is 1.94. The topological polar surface area (TPSA) is 61.7 Å². The molecule has 2 heterocycles. The first-order valence-corrected chi connectivity index (χ1v) is 7.77. The second-order valence-corrected chi connectivity index (χ2v) is 6.16. The van der Waals surface area contributed by atoms with Gasteiger partial charge in [-0.25, -0.2) is 4.98 Å². The van der Waals surface area contributed by atoms with Crippen LogP contribution >= 0.6 is 27.3 Å². The molecule has 0 spiro atoms. The molecule has 0 atom stereocenters. The molecule has 21 heavy (non-hydrogen) atoms. The van der Waals surface area contributed by atoms with Gasteiger partial charge in [0.05, 0.1) is 23.7 Å². The fraction of sp³-hybridized carbons (Fsp3) is 0.0667. The van der Waals surface area contributed by atoms with Gasteiger partial charge in [-0.3, -0.25) is 0 Å². The molecular formula is C15H10BrN3OS. The number of allylic oxidation sites excluding steroid dienone is 1. The smallest absolute Gasteiger partial charge is 0.149 e. The average molecular weight is 360 g/mol. The third-order valence-electron chi connectivity index (χ3n) is 2.94. The zero-order valence-electron chi connectivity index (χ0n) is 11.1. The summed E-state index contributed by atoms with van der Waals surface area (Å²) in [6.07, 6.45) is 1.82. The van der Waals surface area contributed by atoms with E-state index in [2.05, 4.69) is 32.0 Å². The Kier molecular flexibility index (Phi) is 3.78. The number of thiophene rings is 1. The van der Waals surface area contributed by atoms with Gasteiger partial charge in [0.15, 0.2) is 0 Å². The van der Waals surface area contributed by atoms with E-state index in [1.807, 2.05) is 35.7 Å². The Labute approximate surface area is 133 Å². The molecule has 0 aliphatic heterocycles. The van der Waals surface area contributed by atoms with E-state index in [0.29, 0.717) is 11.4 Å². The Morgan fingerprint density at radius 1 is 1.48 bits per heavy atom. The SMILES string of the molecule is COc1ccc2nc(/C(C#N)=C/c3cc(Br)cs3)[nH]c2c1. The van der Waals surface area contributed by atoms with Gasteiger partial charge in [-0.1, -0.05) is 0 Å². The zero-order valence-corrected chi connectivity index (χ0v) is 13.5. The number of benzene rings is 1. The Balaban J connectivity index is 2.05. The van der Waals surface area contributed by atoms with Gasteiger partial charge in [-0.05, 0) is 40.2 Å². The lowest BCUT2D eigenvalue weighted by molar-refractivity contribution is 0.415. The first kappa shape index (κ1) is 13.9. The van der Waals surface area contributed by atoms with Crippen molar-refractivity contribution in [3.8, 4) is 11.8 Å². The first-order valence-electron chi connectivity index (χ1n) is 6.09. The second-order valence-electron chi connectivity index (χ2n) is 4.31. The fourth-order valence-corrected chi connectivity index (χ4v) is 3.32. The minimum absolute atomic E-state index is 0.500. The summed E-state index contributed by atoms with van der Waals surface area (Å²) in [6.45, 7) is 0. The van der Waals surface area contributed by atoms with Crippen LogP contribution in [0.3, 0.4) is 0 Å². The van der Waals surface area contributed by atoms with E-state index in [1.165, 1.54) is 0 Å². The molecule has 4 nitrogen and oxygen atoms in total. The highest BCUT2D eigenvalue weighted by Gasteiger charge is 2.09. The van der Waals surface area contributed by atoms with Gasteiger partial charge >= 0.3 is 0 Å². The predicted molar refractivity (Wildman–Crippen MR) is 88.1 cm³/mol. The minimum Gasteiger partial charge on any atom is -0.497 e. The molecule has 3 aromatic rings. The van der Waals surface area contributed by atoms with Crippen molar-refractivity contribution >= 4 is 49.9 Å². The quantitative estimate of drug-likeness (QED) is 0.702. The molecule has 1 aromatic carbocycles. The van der Waals surface area contributed by atoms with Crippen molar-refractivity contribution in [3.63, 3.8) is 0 Å². The van der Waals surface area contributed by atoms with Crippen LogP contribution in [0.2, 0.25) is 0 Å². The predicted octanol–water partition coefficient (Wildman–Crippen LogP) is 4.46. The summed E-state index contributed by atoms with van der Waals surface area (Å²) >= 11 is 4.97. The summed E-state index contributed by atoms with van der Waals surface area (Å²) in [5.41, 5.74) is 2.15. The molecule has 2 aromatic heterocycles. The third-order valence-corrected chi connectivity index (χ3v) is 4.58. The van der Waals surface area contributed by atoms with Crippen molar-refractivity contribution < 1.29 is 4.74 Å². The van der Waals surface area contributed by atoms with E-state index in [1.54, 1.807) is 18.4 Å². The van der Waals surface area contributed by atoms with Crippen LogP contribution < -0.4 is 4.74 Å². The third kappa shape index (κ3) is 2.84. The normalized spacial score (nSPS) is 11.6. The van der Waals surface area contributed by atoms with Crippen LogP contribution in [0.25, 0.3) is 22.7 Å². The molecule has 0 aliphatic rings. The average Bonchev–Trinajstić information content (AvgIpc) is 3.09. The number of hydrogen-bond donors (Lipinski definition) is 1. The summed E-state index contributed by atoms with van der Waals surface area (Å²) < 4.78 is 6.19. The van der Waals surface area contributed by atoms with Crippen LogP contribution in [0.1, 0.15) is 10.7 Å². The largest absolute Gasteiger partial charge is 0.497 e. The number of ether oxygens (including phenoxy) is 1. The number of nitrogens with zero attached hydrogens (tertiary/aromatic N) is 2. The molecule has 1 N–H and O–H groups in total. The lowest BCUT2D eigenvalue weighted by Crippen LogP contribution is -1.83. The van der Waals surface area contributed by atoms with Crippen LogP contribution in [0.15, 0.2) is 34.1 Å². The molecule has 3 rings (SSSR count). The van der Waals surface area contributed by atoms with Crippen molar-refractivity contribution in [1.82, 2.24) is 9.97 Å². The van der Waals surface area contributed by atoms with Gasteiger partial charge in [0, 0.05) is 20.8 Å². The van der Waals surface area contributed by atoms with E-state index in [-0.39, 0.29) is 0 Å². The van der Waals surface area contributed by atoms with Crippen molar-refractivity contribution in [2.24, 2.45) is 0 Å². The number of hydrogen-bond acceptors (Lipinski definition) is 4. The van der Waals surface area contributed by atoms with E-state index in [9.17, 15) is 5.26 Å². The molecular weight excluding hydrogens is 350 g/mol. The number of methoxy groups -OCH3 is 1. The number of aromatic amines is 1. The van der Waals surface area contributed by atoms with Gasteiger partial charge in [0.1, 0.15) is 17.6 Å². The van der Waals surface area contributed by atoms with E-state index >= 15 is 0 Å². The summed E-state index contributed by atoms with van der Waals surface area (Å²) in [5.74, 6) is 1.31. The molecule has 0 amide bonds. The van der Waals surface area contributed by atoms with Gasteiger partial charge < -0.3 is 9.72 Å². The van der Waals surface area contributed by atoms with E-state index < -0.39 is 0 Å². The van der Waals surface area contributed by atoms with Crippen LogP contribution in [-0.4, -0.2) is 17.1 Å². The summed E-state index contributed by atoms with van der Waals surface area (Å²) in [6, 6.07) is 9.74. The molecule has 0 saturated carbocycles. The van der Waals surface area contributed by atoms with Gasteiger partial charge in [0.25, 0.3) is 0 Å². The number of imidazole rings is 1. The summed E-state index contributed by atoms with van der Waals surface area (Å²) in [7, 11) is 1.62. The lowest BCUT2D eigenvalue weighted by atomic mass is 10.2. The number of nitrogens with one attached hydrogen (secondary N) is 1. The Hall–Kier alpha value is -2.10. The lowest BCUT2D eigenvalue weighted by Gasteiger charge is -1.96. The number of aromatic nitrogens is 2. The van der Waals surface area contributed by atoms with Gasteiger partial charge in [0.2, 0.25) is 0 Å². The molecule has 0 radical (unpaired) electrons. The van der Waals surface area contributed by atoms with Crippen LogP contribution in [0.5, 0.6) is 5.75 Å². The van der Waals surface area contributed by atoms with Gasteiger partial charge in [-0.2, -0.15) is 5.26 Å². The maximum atomic E-state index is 9.36. The van der Waals surface area contributed by atoms with E-state index in [0.717, 1.165) is 26.1 Å². The number of H-pyrrole nitrogens is 1. The van der Waals surface area contributed by atoms with Gasteiger partial charge in [-0.15, -0.1) is 11.3 Å². The molecule has 0 saturated heterocycles. The summed E-state index contributed by atoms with van der Waals surface area (Å²) in [4.78, 5) is 8.61.